The Kier molecular flexibility index (Phi) is 7.01. The molecule has 0 aliphatic carbocycles. The molecule has 1 N–H and O–H groups in total. The van der Waals surface area contributed by atoms with Gasteiger partial charge in [0.25, 0.3) is 0 Å². The third kappa shape index (κ3) is 5.95. The number of nitrogens with one attached hydrogen (secondary N) is 1. The van der Waals surface area contributed by atoms with Gasteiger partial charge in [0.05, 0.1) is 6.61 Å². The fourth-order valence-electron chi connectivity index (χ4n) is 2.46. The summed E-state index contributed by atoms with van der Waals surface area (Å²) in [6, 6.07) is 17.0. The maximum absolute atomic E-state index is 12.0. The van der Waals surface area contributed by atoms with Gasteiger partial charge in [-0.2, -0.15) is 0 Å². The molecule has 0 bridgehead atoms. The largest absolute Gasteiger partial charge is 0.494 e. The first-order valence-corrected chi connectivity index (χ1v) is 8.41. The van der Waals surface area contributed by atoms with E-state index in [0.29, 0.717) is 19.7 Å². The highest BCUT2D eigenvalue weighted by Gasteiger charge is 2.13. The van der Waals surface area contributed by atoms with Gasteiger partial charge in [-0.25, -0.2) is 0 Å². The third-order valence-electron chi connectivity index (χ3n) is 3.73. The first kappa shape index (κ1) is 18.5. The van der Waals surface area contributed by atoms with Crippen molar-refractivity contribution < 1.29 is 14.3 Å². The van der Waals surface area contributed by atoms with Crippen LogP contribution in [0.25, 0.3) is 0 Å². The highest BCUT2D eigenvalue weighted by Crippen LogP contribution is 2.20. The van der Waals surface area contributed by atoms with Crippen LogP contribution in [0.1, 0.15) is 25.8 Å². The number of ether oxygens (including phenoxy) is 1. The second kappa shape index (κ2) is 9.47. The Morgan fingerprint density at radius 2 is 1.72 bits per heavy atom. The molecule has 0 saturated carbocycles. The number of carbonyl (C=O) groups excluding carboxylic acids is 2. The van der Waals surface area contributed by atoms with E-state index in [1.54, 1.807) is 4.90 Å². The van der Waals surface area contributed by atoms with Crippen molar-refractivity contribution in [2.24, 2.45) is 0 Å². The molecule has 0 unspecified atom stereocenters. The van der Waals surface area contributed by atoms with E-state index in [-0.39, 0.29) is 18.2 Å². The molecule has 0 spiro atoms. The zero-order valence-corrected chi connectivity index (χ0v) is 14.7. The summed E-state index contributed by atoms with van der Waals surface area (Å²) < 4.78 is 5.41. The van der Waals surface area contributed by atoms with E-state index < -0.39 is 0 Å². The Bertz CT molecular complexity index is 684. The first-order valence-electron chi connectivity index (χ1n) is 8.41. The number of anilines is 1. The summed E-state index contributed by atoms with van der Waals surface area (Å²) in [6.07, 6.45) is 0.250. The molecule has 2 aromatic rings. The summed E-state index contributed by atoms with van der Waals surface area (Å²) in [7, 11) is 0. The minimum atomic E-state index is -0.0972. The Morgan fingerprint density at radius 3 is 2.32 bits per heavy atom. The monoisotopic (exact) mass is 340 g/mol. The Hall–Kier alpha value is -2.82. The fraction of sp³-hybridized carbons (Fsp3) is 0.300. The van der Waals surface area contributed by atoms with Crippen LogP contribution in [0.15, 0.2) is 54.6 Å². The highest BCUT2D eigenvalue weighted by atomic mass is 16.5. The molecule has 2 rings (SSSR count). The average molecular weight is 340 g/mol. The summed E-state index contributed by atoms with van der Waals surface area (Å²) in [5, 5.41) is 2.87. The van der Waals surface area contributed by atoms with Crippen molar-refractivity contribution >= 4 is 17.5 Å². The lowest BCUT2D eigenvalue weighted by molar-refractivity contribution is -0.121. The van der Waals surface area contributed by atoms with Crippen LogP contribution in [0.4, 0.5) is 5.69 Å². The molecule has 2 amide bonds. The van der Waals surface area contributed by atoms with Crippen LogP contribution in [0.5, 0.6) is 5.75 Å². The van der Waals surface area contributed by atoms with Crippen LogP contribution in [-0.2, 0) is 16.1 Å². The topological polar surface area (TPSA) is 58.6 Å². The van der Waals surface area contributed by atoms with Gasteiger partial charge in [0.1, 0.15) is 5.75 Å². The standard InChI is InChI=1S/C20H24N2O3/c1-3-25-19-11-9-18(10-12-19)22(16(2)23)14-13-20(24)21-15-17-7-5-4-6-8-17/h4-12H,3,13-15H2,1-2H3,(H,21,24). The SMILES string of the molecule is CCOc1ccc(N(CCC(=O)NCc2ccccc2)C(C)=O)cc1. The number of rotatable bonds is 8. The minimum Gasteiger partial charge on any atom is -0.494 e. The lowest BCUT2D eigenvalue weighted by Crippen LogP contribution is -2.33. The first-order chi connectivity index (χ1) is 12.1. The molecule has 0 atom stereocenters. The molecule has 0 heterocycles. The molecular formula is C20H24N2O3. The lowest BCUT2D eigenvalue weighted by Gasteiger charge is -2.21. The van der Waals surface area contributed by atoms with Gasteiger partial charge < -0.3 is 15.0 Å². The summed E-state index contributed by atoms with van der Waals surface area (Å²) in [5.41, 5.74) is 1.80. The van der Waals surface area contributed by atoms with Crippen molar-refractivity contribution in [2.75, 3.05) is 18.1 Å². The van der Waals surface area contributed by atoms with Gasteiger partial charge in [0, 0.05) is 32.1 Å². The maximum Gasteiger partial charge on any atom is 0.223 e. The number of benzene rings is 2. The molecular weight excluding hydrogens is 316 g/mol. The molecule has 0 saturated heterocycles. The third-order valence-corrected chi connectivity index (χ3v) is 3.73. The summed E-state index contributed by atoms with van der Waals surface area (Å²) in [4.78, 5) is 25.5. The Labute approximate surface area is 148 Å². The fourth-order valence-corrected chi connectivity index (χ4v) is 2.46. The number of nitrogens with zero attached hydrogens (tertiary/aromatic N) is 1. The van der Waals surface area contributed by atoms with Crippen molar-refractivity contribution in [3.8, 4) is 5.75 Å². The molecule has 0 aromatic heterocycles. The molecule has 0 fully saturated rings. The predicted molar refractivity (Wildman–Crippen MR) is 98.5 cm³/mol. The highest BCUT2D eigenvalue weighted by molar-refractivity contribution is 5.92. The van der Waals surface area contributed by atoms with Gasteiger partial charge in [-0.15, -0.1) is 0 Å². The number of carbonyl (C=O) groups is 2. The van der Waals surface area contributed by atoms with Crippen molar-refractivity contribution in [3.63, 3.8) is 0 Å². The average Bonchev–Trinajstić information content (AvgIpc) is 2.62. The number of hydrogen-bond acceptors (Lipinski definition) is 3. The van der Waals surface area contributed by atoms with Gasteiger partial charge in [-0.05, 0) is 36.8 Å². The molecule has 2 aromatic carbocycles. The zero-order valence-electron chi connectivity index (χ0n) is 14.7. The second-order valence-electron chi connectivity index (χ2n) is 5.61. The van der Waals surface area contributed by atoms with E-state index in [2.05, 4.69) is 5.32 Å². The van der Waals surface area contributed by atoms with Gasteiger partial charge in [-0.3, -0.25) is 9.59 Å². The molecule has 0 radical (unpaired) electrons. The maximum atomic E-state index is 12.0. The molecule has 0 aliphatic rings. The Balaban J connectivity index is 1.88. The van der Waals surface area contributed by atoms with Crippen molar-refractivity contribution in [2.45, 2.75) is 26.8 Å². The number of hydrogen-bond donors (Lipinski definition) is 1. The molecule has 5 nitrogen and oxygen atoms in total. The lowest BCUT2D eigenvalue weighted by atomic mass is 10.2. The van der Waals surface area contributed by atoms with Gasteiger partial charge in [-0.1, -0.05) is 30.3 Å². The predicted octanol–water partition coefficient (Wildman–Crippen LogP) is 3.14. The van der Waals surface area contributed by atoms with E-state index in [4.69, 9.17) is 4.74 Å². The quantitative estimate of drug-likeness (QED) is 0.803. The normalized spacial score (nSPS) is 10.2. The van der Waals surface area contributed by atoms with Gasteiger partial charge in [0.15, 0.2) is 0 Å². The van der Waals surface area contributed by atoms with E-state index in [1.807, 2.05) is 61.5 Å². The molecule has 0 aliphatic heterocycles. The summed E-state index contributed by atoms with van der Waals surface area (Å²) >= 11 is 0. The molecule has 25 heavy (non-hydrogen) atoms. The Morgan fingerprint density at radius 1 is 1.04 bits per heavy atom. The van der Waals surface area contributed by atoms with Crippen LogP contribution < -0.4 is 15.0 Å². The smallest absolute Gasteiger partial charge is 0.223 e. The van der Waals surface area contributed by atoms with E-state index in [0.717, 1.165) is 17.0 Å². The molecule has 5 heteroatoms. The summed E-state index contributed by atoms with van der Waals surface area (Å²) in [6.45, 7) is 4.84. The van der Waals surface area contributed by atoms with Crippen molar-refractivity contribution in [1.29, 1.82) is 0 Å². The minimum absolute atomic E-state index is 0.0824. The van der Waals surface area contributed by atoms with E-state index >= 15 is 0 Å². The van der Waals surface area contributed by atoms with Crippen LogP contribution in [0, 0.1) is 0 Å². The van der Waals surface area contributed by atoms with E-state index in [9.17, 15) is 9.59 Å². The molecule has 132 valence electrons. The van der Waals surface area contributed by atoms with Gasteiger partial charge in [0.2, 0.25) is 11.8 Å². The van der Waals surface area contributed by atoms with Gasteiger partial charge >= 0.3 is 0 Å². The summed E-state index contributed by atoms with van der Waals surface area (Å²) in [5.74, 6) is 0.580. The van der Waals surface area contributed by atoms with Crippen LogP contribution in [0.2, 0.25) is 0 Å². The second-order valence-corrected chi connectivity index (χ2v) is 5.61. The van der Waals surface area contributed by atoms with Crippen LogP contribution in [0.3, 0.4) is 0 Å². The van der Waals surface area contributed by atoms with Crippen LogP contribution in [-0.4, -0.2) is 25.0 Å². The van der Waals surface area contributed by atoms with Crippen molar-refractivity contribution in [3.05, 3.63) is 60.2 Å². The zero-order chi connectivity index (χ0) is 18.1. The van der Waals surface area contributed by atoms with Crippen molar-refractivity contribution in [1.82, 2.24) is 5.32 Å². The number of amides is 2. The van der Waals surface area contributed by atoms with E-state index in [1.165, 1.54) is 6.92 Å². The van der Waals surface area contributed by atoms with Crippen LogP contribution >= 0.6 is 0 Å².